The second-order valence-corrected chi connectivity index (χ2v) is 8.30. The van der Waals surface area contributed by atoms with Crippen LogP contribution >= 0.6 is 0 Å². The fourth-order valence-corrected chi connectivity index (χ4v) is 4.38. The summed E-state index contributed by atoms with van der Waals surface area (Å²) in [5.41, 5.74) is 5.70. The van der Waals surface area contributed by atoms with Gasteiger partial charge in [0.1, 0.15) is 5.69 Å². The van der Waals surface area contributed by atoms with Gasteiger partial charge in [-0.25, -0.2) is 4.79 Å². The van der Waals surface area contributed by atoms with Gasteiger partial charge >= 0.3 is 5.97 Å². The summed E-state index contributed by atoms with van der Waals surface area (Å²) in [7, 11) is 0. The number of carbonyl (C=O) groups is 1. The number of morpholine rings is 1. The molecule has 3 aromatic rings. The van der Waals surface area contributed by atoms with Crippen LogP contribution in [0.25, 0.3) is 10.9 Å². The van der Waals surface area contributed by atoms with Crippen LogP contribution in [0.2, 0.25) is 0 Å². The highest BCUT2D eigenvalue weighted by Gasteiger charge is 2.22. The van der Waals surface area contributed by atoms with Crippen molar-refractivity contribution in [3.05, 3.63) is 70.4 Å². The van der Waals surface area contributed by atoms with Crippen LogP contribution in [0.15, 0.2) is 42.5 Å². The van der Waals surface area contributed by atoms with Crippen LogP contribution in [0.1, 0.15) is 32.7 Å². The molecule has 0 radical (unpaired) electrons. The van der Waals surface area contributed by atoms with Crippen molar-refractivity contribution in [1.82, 2.24) is 14.8 Å². The lowest BCUT2D eigenvalue weighted by molar-refractivity contribution is 0.0384. The van der Waals surface area contributed by atoms with E-state index in [1.54, 1.807) is 0 Å². The Hall–Kier alpha value is -2.67. The van der Waals surface area contributed by atoms with Gasteiger partial charge in [-0.3, -0.25) is 4.90 Å². The molecule has 0 aliphatic carbocycles. The minimum Gasteiger partial charge on any atom is -0.477 e. The van der Waals surface area contributed by atoms with E-state index < -0.39 is 5.97 Å². The Balaban J connectivity index is 1.61. The smallest absolute Gasteiger partial charge is 0.352 e. The Morgan fingerprint density at radius 1 is 1.13 bits per heavy atom. The number of nitrogens with one attached hydrogen (secondary N) is 1. The van der Waals surface area contributed by atoms with E-state index in [1.807, 2.05) is 28.8 Å². The SMILES string of the molecule is Cc1ccc(C)c(Cn2c(C(=O)O)c(CNCCN3CCOCC3)c3ccccc32)c1. The van der Waals surface area contributed by atoms with Crippen LogP contribution in [0.4, 0.5) is 0 Å². The van der Waals surface area contributed by atoms with E-state index in [2.05, 4.69) is 42.3 Å². The average molecular weight is 422 g/mol. The molecule has 4 rings (SSSR count). The zero-order valence-electron chi connectivity index (χ0n) is 18.4. The molecule has 164 valence electrons. The average Bonchev–Trinajstić information content (AvgIpc) is 3.08. The maximum absolute atomic E-state index is 12.4. The molecular formula is C25H31N3O3. The van der Waals surface area contributed by atoms with Crippen molar-refractivity contribution < 1.29 is 14.6 Å². The van der Waals surface area contributed by atoms with Gasteiger partial charge in [0.15, 0.2) is 0 Å². The Morgan fingerprint density at radius 2 is 1.90 bits per heavy atom. The quantitative estimate of drug-likeness (QED) is 0.546. The van der Waals surface area contributed by atoms with Gasteiger partial charge in [-0.15, -0.1) is 0 Å². The van der Waals surface area contributed by atoms with E-state index in [0.717, 1.165) is 61.4 Å². The molecule has 2 N–H and O–H groups in total. The number of rotatable bonds is 8. The fourth-order valence-electron chi connectivity index (χ4n) is 4.38. The molecule has 0 unspecified atom stereocenters. The third kappa shape index (κ3) is 4.82. The van der Waals surface area contributed by atoms with Crippen molar-refractivity contribution in [2.24, 2.45) is 0 Å². The van der Waals surface area contributed by atoms with Gasteiger partial charge in [0.25, 0.3) is 0 Å². The van der Waals surface area contributed by atoms with Gasteiger partial charge < -0.3 is 19.7 Å². The van der Waals surface area contributed by atoms with Crippen LogP contribution in [0.5, 0.6) is 0 Å². The minimum absolute atomic E-state index is 0.376. The molecule has 0 spiro atoms. The number of aromatic nitrogens is 1. The van der Waals surface area contributed by atoms with Gasteiger partial charge in [-0.1, -0.05) is 42.0 Å². The summed E-state index contributed by atoms with van der Waals surface area (Å²) in [6.45, 7) is 10.5. The van der Waals surface area contributed by atoms with Gasteiger partial charge in [-0.2, -0.15) is 0 Å². The van der Waals surface area contributed by atoms with E-state index in [4.69, 9.17) is 4.74 Å². The Kier molecular flexibility index (Phi) is 6.70. The molecule has 0 atom stereocenters. The van der Waals surface area contributed by atoms with Crippen LogP contribution in [-0.4, -0.2) is 59.9 Å². The first-order valence-electron chi connectivity index (χ1n) is 10.9. The van der Waals surface area contributed by atoms with Crippen LogP contribution in [0, 0.1) is 13.8 Å². The normalized spacial score (nSPS) is 14.9. The summed E-state index contributed by atoms with van der Waals surface area (Å²) >= 11 is 0. The van der Waals surface area contributed by atoms with Gasteiger partial charge in [-0.05, 0) is 31.0 Å². The van der Waals surface area contributed by atoms with Crippen molar-refractivity contribution in [2.45, 2.75) is 26.9 Å². The number of carboxylic acid groups (broad SMARTS) is 1. The lowest BCUT2D eigenvalue weighted by atomic mass is 10.1. The standard InChI is InChI=1S/C25H31N3O3/c1-18-7-8-19(2)20(15-18)17-28-23-6-4-3-5-21(23)22(24(28)25(29)30)16-26-9-10-27-11-13-31-14-12-27/h3-8,15,26H,9-14,16-17H2,1-2H3,(H,29,30). The van der Waals surface area contributed by atoms with Gasteiger partial charge in [0.05, 0.1) is 13.2 Å². The van der Waals surface area contributed by atoms with Crippen molar-refractivity contribution in [1.29, 1.82) is 0 Å². The number of para-hydroxylation sites is 1. The molecule has 31 heavy (non-hydrogen) atoms. The molecule has 1 saturated heterocycles. The van der Waals surface area contributed by atoms with Crippen molar-refractivity contribution in [3.8, 4) is 0 Å². The topological polar surface area (TPSA) is 66.7 Å². The zero-order valence-corrected chi connectivity index (χ0v) is 18.4. The Bertz CT molecular complexity index is 1070. The second kappa shape index (κ2) is 9.64. The molecule has 0 bridgehead atoms. The monoisotopic (exact) mass is 421 g/mol. The third-order valence-electron chi connectivity index (χ3n) is 6.12. The molecule has 0 amide bonds. The largest absolute Gasteiger partial charge is 0.477 e. The number of benzene rings is 2. The van der Waals surface area contributed by atoms with E-state index in [0.29, 0.717) is 18.8 Å². The molecule has 6 nitrogen and oxygen atoms in total. The first-order chi connectivity index (χ1) is 15.0. The highest BCUT2D eigenvalue weighted by atomic mass is 16.5. The number of aryl methyl sites for hydroxylation is 2. The number of nitrogens with zero attached hydrogens (tertiary/aromatic N) is 2. The van der Waals surface area contributed by atoms with Crippen molar-refractivity contribution >= 4 is 16.9 Å². The van der Waals surface area contributed by atoms with E-state index in [9.17, 15) is 9.90 Å². The summed E-state index contributed by atoms with van der Waals surface area (Å²) in [6.07, 6.45) is 0. The summed E-state index contributed by atoms with van der Waals surface area (Å²) in [4.78, 5) is 14.7. The van der Waals surface area contributed by atoms with Gasteiger partial charge in [0.2, 0.25) is 0 Å². The van der Waals surface area contributed by atoms with Crippen molar-refractivity contribution in [2.75, 3.05) is 39.4 Å². The maximum Gasteiger partial charge on any atom is 0.352 e. The summed E-state index contributed by atoms with van der Waals surface area (Å²) in [5, 5.41) is 14.6. The number of fused-ring (bicyclic) bond motifs is 1. The predicted octanol–water partition coefficient (Wildman–Crippen LogP) is 3.43. The summed E-state index contributed by atoms with van der Waals surface area (Å²) in [6, 6.07) is 14.3. The van der Waals surface area contributed by atoms with Crippen LogP contribution < -0.4 is 5.32 Å². The Labute approximate surface area is 183 Å². The maximum atomic E-state index is 12.4. The van der Waals surface area contributed by atoms with E-state index in [1.165, 1.54) is 11.1 Å². The number of ether oxygens (including phenoxy) is 1. The fraction of sp³-hybridized carbons (Fsp3) is 0.400. The predicted molar refractivity (Wildman–Crippen MR) is 123 cm³/mol. The first-order valence-corrected chi connectivity index (χ1v) is 10.9. The molecule has 6 heteroatoms. The zero-order chi connectivity index (χ0) is 21.8. The first kappa shape index (κ1) is 21.6. The number of hydrogen-bond donors (Lipinski definition) is 2. The highest BCUT2D eigenvalue weighted by molar-refractivity contribution is 5.98. The molecule has 1 aromatic heterocycles. The Morgan fingerprint density at radius 3 is 2.68 bits per heavy atom. The molecule has 1 aliphatic rings. The molecule has 1 aliphatic heterocycles. The lowest BCUT2D eigenvalue weighted by Gasteiger charge is -2.26. The minimum atomic E-state index is -0.883. The molecule has 1 fully saturated rings. The molecule has 0 saturated carbocycles. The number of hydrogen-bond acceptors (Lipinski definition) is 4. The second-order valence-electron chi connectivity index (χ2n) is 8.30. The highest BCUT2D eigenvalue weighted by Crippen LogP contribution is 2.28. The molecular weight excluding hydrogens is 390 g/mol. The number of carboxylic acids is 1. The summed E-state index contributed by atoms with van der Waals surface area (Å²) in [5.74, 6) is -0.883. The lowest BCUT2D eigenvalue weighted by Crippen LogP contribution is -2.40. The van der Waals surface area contributed by atoms with Crippen LogP contribution in [0.3, 0.4) is 0 Å². The van der Waals surface area contributed by atoms with E-state index >= 15 is 0 Å². The third-order valence-corrected chi connectivity index (χ3v) is 6.12. The van der Waals surface area contributed by atoms with Crippen LogP contribution in [-0.2, 0) is 17.8 Å². The van der Waals surface area contributed by atoms with Gasteiger partial charge in [0, 0.05) is 55.7 Å². The van der Waals surface area contributed by atoms with Crippen molar-refractivity contribution in [3.63, 3.8) is 0 Å². The molecule has 2 heterocycles. The number of aromatic carboxylic acids is 1. The van der Waals surface area contributed by atoms with E-state index in [-0.39, 0.29) is 0 Å². The summed E-state index contributed by atoms with van der Waals surface area (Å²) < 4.78 is 7.36. The molecule has 2 aromatic carbocycles.